The first-order valence-electron chi connectivity index (χ1n) is 4.27. The van der Waals surface area contributed by atoms with Gasteiger partial charge in [-0.2, -0.15) is 0 Å². The van der Waals surface area contributed by atoms with Crippen LogP contribution in [0.3, 0.4) is 0 Å². The third-order valence-electron chi connectivity index (χ3n) is 1.76. The van der Waals surface area contributed by atoms with Crippen LogP contribution in [0.15, 0.2) is 0 Å². The molecule has 0 aromatic carbocycles. The Kier molecular flexibility index (Phi) is 4.29. The van der Waals surface area contributed by atoms with Gasteiger partial charge in [0.25, 0.3) is 0 Å². The highest BCUT2D eigenvalue weighted by atomic mass is 32.2. The van der Waals surface area contributed by atoms with Crippen molar-refractivity contribution in [3.05, 3.63) is 0 Å². The fourth-order valence-corrected chi connectivity index (χ4v) is 4.43. The van der Waals surface area contributed by atoms with Gasteiger partial charge in [-0.05, 0) is 18.6 Å². The fourth-order valence-electron chi connectivity index (χ4n) is 1.18. The first kappa shape index (κ1) is 10.3. The number of carbonyl (C=O) groups excluding carboxylic acids is 1. The zero-order chi connectivity index (χ0) is 8.97. The maximum absolute atomic E-state index is 11.4. The Balaban J connectivity index is 2.48. The molecule has 1 heterocycles. The van der Waals surface area contributed by atoms with Gasteiger partial charge < -0.3 is 0 Å². The minimum atomic E-state index is -0.896. The number of hydrogen-bond donors (Lipinski definition) is 0. The molecule has 2 nitrogen and oxygen atoms in total. The van der Waals surface area contributed by atoms with Crippen LogP contribution < -0.4 is 0 Å². The van der Waals surface area contributed by atoms with E-state index in [1.807, 2.05) is 6.92 Å². The van der Waals surface area contributed by atoms with Gasteiger partial charge in [0.15, 0.2) is 5.78 Å². The molecule has 1 rings (SSSR count). The van der Waals surface area contributed by atoms with E-state index in [1.165, 1.54) is 0 Å². The van der Waals surface area contributed by atoms with Crippen molar-refractivity contribution in [1.82, 2.24) is 0 Å². The van der Waals surface area contributed by atoms with Crippen molar-refractivity contribution >= 4 is 28.3 Å². The molecule has 0 aliphatic carbocycles. The molecule has 1 fully saturated rings. The minimum absolute atomic E-state index is 0.181. The smallest absolute Gasteiger partial charge is 0.158 e. The van der Waals surface area contributed by atoms with Crippen LogP contribution >= 0.6 is 11.8 Å². The highest BCUT2D eigenvalue weighted by Gasteiger charge is 2.27. The molecule has 70 valence electrons. The first-order valence-corrected chi connectivity index (χ1v) is 6.70. The molecule has 0 N–H and O–H groups in total. The van der Waals surface area contributed by atoms with Crippen LogP contribution in [0.4, 0.5) is 0 Å². The second kappa shape index (κ2) is 5.02. The lowest BCUT2D eigenvalue weighted by molar-refractivity contribution is -0.117. The zero-order valence-corrected chi connectivity index (χ0v) is 8.88. The monoisotopic (exact) mass is 206 g/mol. The molecule has 0 bridgehead atoms. The van der Waals surface area contributed by atoms with E-state index in [-0.39, 0.29) is 10.4 Å². The van der Waals surface area contributed by atoms with Gasteiger partial charge in [0.2, 0.25) is 0 Å². The van der Waals surface area contributed by atoms with Gasteiger partial charge in [-0.15, -0.1) is 11.8 Å². The van der Waals surface area contributed by atoms with E-state index >= 15 is 0 Å². The number of hydrogen-bond acceptors (Lipinski definition) is 3. The molecular formula is C8H14O2S2. The van der Waals surface area contributed by atoms with Crippen LogP contribution in [0.5, 0.6) is 0 Å². The molecule has 12 heavy (non-hydrogen) atoms. The molecule has 1 saturated heterocycles. The van der Waals surface area contributed by atoms with Crippen LogP contribution in [0, 0.1) is 0 Å². The van der Waals surface area contributed by atoms with Crippen molar-refractivity contribution in [1.29, 1.82) is 0 Å². The van der Waals surface area contributed by atoms with Gasteiger partial charge in [-0.25, -0.2) is 0 Å². The Morgan fingerprint density at radius 1 is 1.67 bits per heavy atom. The van der Waals surface area contributed by atoms with Crippen LogP contribution in [-0.4, -0.2) is 26.1 Å². The number of Topliss-reactive ketones (excluding diaryl/α,β-unsaturated/α-hetero) is 1. The summed E-state index contributed by atoms with van der Waals surface area (Å²) >= 11 is 1.57. The summed E-state index contributed by atoms with van der Waals surface area (Å²) in [5, 5.41) is 0. The summed E-state index contributed by atoms with van der Waals surface area (Å²) in [7, 11) is -0.896. The number of rotatable bonds is 3. The highest BCUT2D eigenvalue weighted by molar-refractivity contribution is 8.12. The second-order valence-electron chi connectivity index (χ2n) is 2.86. The molecule has 1 aliphatic rings. The van der Waals surface area contributed by atoms with Crippen molar-refractivity contribution in [2.24, 2.45) is 0 Å². The summed E-state index contributed by atoms with van der Waals surface area (Å²) < 4.78 is 11.2. The van der Waals surface area contributed by atoms with Gasteiger partial charge in [0.05, 0.1) is 0 Å². The summed E-state index contributed by atoms with van der Waals surface area (Å²) in [6.07, 6.45) is 2.45. The quantitative estimate of drug-likeness (QED) is 0.703. The first-order chi connectivity index (χ1) is 5.75. The van der Waals surface area contributed by atoms with Crippen LogP contribution in [0.25, 0.3) is 0 Å². The van der Waals surface area contributed by atoms with Crippen molar-refractivity contribution < 1.29 is 9.00 Å². The number of ketones is 1. The fraction of sp³-hybridized carbons (Fsp3) is 0.875. The van der Waals surface area contributed by atoms with Gasteiger partial charge in [-0.1, -0.05) is 6.92 Å². The van der Waals surface area contributed by atoms with Crippen LogP contribution in [0.2, 0.25) is 0 Å². The largest absolute Gasteiger partial charge is 0.297 e. The maximum Gasteiger partial charge on any atom is 0.158 e. The molecular weight excluding hydrogens is 192 g/mol. The second-order valence-corrected chi connectivity index (χ2v) is 6.01. The van der Waals surface area contributed by atoms with Gasteiger partial charge >= 0.3 is 0 Å². The molecule has 0 aromatic rings. The number of carbonyl (C=O) groups is 1. The lowest BCUT2D eigenvalue weighted by atomic mass is 10.2. The Morgan fingerprint density at radius 2 is 2.42 bits per heavy atom. The molecule has 0 radical (unpaired) electrons. The predicted octanol–water partition coefficient (Wildman–Crippen LogP) is 1.57. The third-order valence-corrected chi connectivity index (χ3v) is 5.33. The maximum atomic E-state index is 11.4. The summed E-state index contributed by atoms with van der Waals surface area (Å²) in [5.74, 6) is 1.89. The lowest BCUT2D eigenvalue weighted by Gasteiger charge is -2.19. The molecule has 0 aromatic heterocycles. The molecule has 0 saturated carbocycles. The van der Waals surface area contributed by atoms with E-state index in [9.17, 15) is 9.00 Å². The number of thioether (sulfide) groups is 1. The van der Waals surface area contributed by atoms with Gasteiger partial charge in [0, 0.05) is 23.0 Å². The van der Waals surface area contributed by atoms with Crippen molar-refractivity contribution in [2.45, 2.75) is 30.8 Å². The van der Waals surface area contributed by atoms with E-state index in [4.69, 9.17) is 0 Å². The van der Waals surface area contributed by atoms with E-state index in [2.05, 4.69) is 0 Å². The Bertz CT molecular complexity index is 191. The van der Waals surface area contributed by atoms with Crippen molar-refractivity contribution in [3.8, 4) is 0 Å². The minimum Gasteiger partial charge on any atom is -0.297 e. The summed E-state index contributed by atoms with van der Waals surface area (Å²) in [6, 6.07) is 0. The predicted molar refractivity (Wildman–Crippen MR) is 53.8 cm³/mol. The lowest BCUT2D eigenvalue weighted by Crippen LogP contribution is -2.28. The standard InChI is InChI=1S/C8H14O2S2/c1-2-4-7(9)8-11-5-3-6-12(8)10/h8H,2-6H2,1H3. The van der Waals surface area contributed by atoms with Crippen LogP contribution in [0.1, 0.15) is 26.2 Å². The van der Waals surface area contributed by atoms with Crippen molar-refractivity contribution in [3.63, 3.8) is 0 Å². The molecule has 0 amide bonds. The SMILES string of the molecule is CCCC(=O)C1SCCCS1=O. The highest BCUT2D eigenvalue weighted by Crippen LogP contribution is 2.24. The van der Waals surface area contributed by atoms with E-state index in [0.717, 1.165) is 18.6 Å². The van der Waals surface area contributed by atoms with E-state index in [0.29, 0.717) is 12.2 Å². The molecule has 0 spiro atoms. The third kappa shape index (κ3) is 2.59. The summed E-state index contributed by atoms with van der Waals surface area (Å²) in [5.41, 5.74) is 0. The van der Waals surface area contributed by atoms with E-state index < -0.39 is 10.8 Å². The Morgan fingerprint density at radius 3 is 3.00 bits per heavy atom. The Hall–Kier alpha value is 0.170. The molecule has 2 unspecified atom stereocenters. The topological polar surface area (TPSA) is 34.1 Å². The normalized spacial score (nSPS) is 30.1. The zero-order valence-electron chi connectivity index (χ0n) is 7.25. The summed E-state index contributed by atoms with van der Waals surface area (Å²) in [6.45, 7) is 1.98. The molecule has 4 heteroatoms. The van der Waals surface area contributed by atoms with E-state index in [1.54, 1.807) is 11.8 Å². The molecule has 2 atom stereocenters. The van der Waals surface area contributed by atoms with Gasteiger partial charge in [0.1, 0.15) is 4.58 Å². The van der Waals surface area contributed by atoms with Crippen molar-refractivity contribution in [2.75, 3.05) is 11.5 Å². The average molecular weight is 206 g/mol. The summed E-state index contributed by atoms with van der Waals surface area (Å²) in [4.78, 5) is 11.4. The average Bonchev–Trinajstić information content (AvgIpc) is 2.05. The van der Waals surface area contributed by atoms with Crippen LogP contribution in [-0.2, 0) is 15.6 Å². The van der Waals surface area contributed by atoms with Gasteiger partial charge in [-0.3, -0.25) is 9.00 Å². The Labute approximate surface area is 79.9 Å². The molecule has 1 aliphatic heterocycles.